The molecule has 3 N–H and O–H groups in total. The molecule has 2 aliphatic rings. The van der Waals surface area contributed by atoms with Gasteiger partial charge in [0.25, 0.3) is 5.91 Å². The van der Waals surface area contributed by atoms with Crippen LogP contribution in [0.5, 0.6) is 0 Å². The molecule has 2 aromatic rings. The number of aryl methyl sites for hydroxylation is 2. The van der Waals surface area contributed by atoms with Crippen molar-refractivity contribution < 1.29 is 29.1 Å². The fourth-order valence-corrected chi connectivity index (χ4v) is 5.82. The molecule has 2 aliphatic heterocycles. The summed E-state index contributed by atoms with van der Waals surface area (Å²) in [6.45, 7) is 8.30. The van der Waals surface area contributed by atoms with Crippen LogP contribution >= 0.6 is 0 Å². The van der Waals surface area contributed by atoms with Gasteiger partial charge in [-0.3, -0.25) is 29.3 Å². The van der Waals surface area contributed by atoms with E-state index in [2.05, 4.69) is 10.6 Å². The number of carbonyl (C=O) groups excluding carboxylic acids is 4. The maximum atomic E-state index is 13.0. The standard InChI is InChI=1S/C29H33N3O6/c1-16-9-17(2)26(19(10-16)12-25(35)36)29(3,4)13-24(34)30-14-18-5-6-21-20(11-18)15-32(28(21)38)22-7-8-23(33)31-27(22)37/h5-6,9-11,22H,7-8,12-15H2,1-4H3,(H,30,34)(H,35,36)(H,31,33,37). The molecule has 1 unspecified atom stereocenters. The van der Waals surface area contributed by atoms with Gasteiger partial charge in [0, 0.05) is 31.5 Å². The van der Waals surface area contributed by atoms with Crippen molar-refractivity contribution in [1.82, 2.24) is 15.5 Å². The summed E-state index contributed by atoms with van der Waals surface area (Å²) in [4.78, 5) is 62.5. The van der Waals surface area contributed by atoms with E-state index in [0.717, 1.165) is 33.4 Å². The molecule has 0 aliphatic carbocycles. The van der Waals surface area contributed by atoms with Crippen molar-refractivity contribution in [3.8, 4) is 0 Å². The zero-order chi connectivity index (χ0) is 27.8. The quantitative estimate of drug-likeness (QED) is 0.460. The van der Waals surface area contributed by atoms with Crippen LogP contribution in [-0.4, -0.2) is 45.6 Å². The second-order valence-electron chi connectivity index (χ2n) is 10.9. The van der Waals surface area contributed by atoms with E-state index < -0.39 is 23.3 Å². The van der Waals surface area contributed by atoms with E-state index in [1.807, 2.05) is 45.9 Å². The predicted octanol–water partition coefficient (Wildman–Crippen LogP) is 2.68. The second kappa shape index (κ2) is 10.4. The molecule has 2 aromatic carbocycles. The van der Waals surface area contributed by atoms with E-state index in [-0.39, 0.29) is 50.1 Å². The van der Waals surface area contributed by atoms with Gasteiger partial charge in [-0.1, -0.05) is 43.7 Å². The molecule has 0 spiro atoms. The van der Waals surface area contributed by atoms with Gasteiger partial charge in [-0.2, -0.15) is 0 Å². The molecule has 9 heteroatoms. The number of fused-ring (bicyclic) bond motifs is 1. The predicted molar refractivity (Wildman–Crippen MR) is 139 cm³/mol. The Morgan fingerprint density at radius 1 is 1.13 bits per heavy atom. The smallest absolute Gasteiger partial charge is 0.307 e. The van der Waals surface area contributed by atoms with Crippen LogP contribution in [0.4, 0.5) is 0 Å². The van der Waals surface area contributed by atoms with Gasteiger partial charge >= 0.3 is 5.97 Å². The summed E-state index contributed by atoms with van der Waals surface area (Å²) >= 11 is 0. The Kier molecular flexibility index (Phi) is 7.40. The second-order valence-corrected chi connectivity index (χ2v) is 10.9. The average Bonchev–Trinajstić information content (AvgIpc) is 3.11. The number of nitrogens with zero attached hydrogens (tertiary/aromatic N) is 1. The van der Waals surface area contributed by atoms with Crippen molar-refractivity contribution in [2.75, 3.05) is 0 Å². The molecular formula is C29H33N3O6. The fourth-order valence-electron chi connectivity index (χ4n) is 5.82. The van der Waals surface area contributed by atoms with E-state index in [1.165, 1.54) is 4.90 Å². The minimum Gasteiger partial charge on any atom is -0.481 e. The molecule has 1 saturated heterocycles. The largest absolute Gasteiger partial charge is 0.481 e. The molecule has 4 amide bonds. The van der Waals surface area contributed by atoms with Crippen LogP contribution in [0.25, 0.3) is 0 Å². The van der Waals surface area contributed by atoms with Crippen molar-refractivity contribution in [2.24, 2.45) is 0 Å². The number of imide groups is 1. The minimum absolute atomic E-state index is 0.105. The molecular weight excluding hydrogens is 486 g/mol. The van der Waals surface area contributed by atoms with Crippen molar-refractivity contribution in [1.29, 1.82) is 0 Å². The number of hydrogen-bond acceptors (Lipinski definition) is 5. The lowest BCUT2D eigenvalue weighted by atomic mass is 9.75. The van der Waals surface area contributed by atoms with E-state index >= 15 is 0 Å². The Bertz CT molecular complexity index is 1350. The molecule has 0 radical (unpaired) electrons. The fraction of sp³-hybridized carbons (Fsp3) is 0.414. The Balaban J connectivity index is 1.42. The molecule has 1 fully saturated rings. The van der Waals surface area contributed by atoms with E-state index in [0.29, 0.717) is 12.0 Å². The molecule has 0 aromatic heterocycles. The molecule has 9 nitrogen and oxygen atoms in total. The Morgan fingerprint density at radius 3 is 2.55 bits per heavy atom. The van der Waals surface area contributed by atoms with Gasteiger partial charge in [-0.25, -0.2) is 0 Å². The molecule has 200 valence electrons. The number of benzene rings is 2. The van der Waals surface area contributed by atoms with Gasteiger partial charge in [0.15, 0.2) is 0 Å². The van der Waals surface area contributed by atoms with Crippen LogP contribution < -0.4 is 10.6 Å². The molecule has 38 heavy (non-hydrogen) atoms. The van der Waals surface area contributed by atoms with Crippen LogP contribution in [0.1, 0.15) is 76.8 Å². The normalized spacial score (nSPS) is 17.3. The van der Waals surface area contributed by atoms with Crippen molar-refractivity contribution in [3.05, 3.63) is 69.3 Å². The summed E-state index contributed by atoms with van der Waals surface area (Å²) in [5, 5.41) is 14.6. The molecule has 0 saturated carbocycles. The SMILES string of the molecule is Cc1cc(C)c(C(C)(C)CC(=O)NCc2ccc3c(c2)CN(C2CCC(=O)NC2=O)C3=O)c(CC(=O)O)c1. The summed E-state index contributed by atoms with van der Waals surface area (Å²) in [7, 11) is 0. The number of carbonyl (C=O) groups is 5. The summed E-state index contributed by atoms with van der Waals surface area (Å²) in [5.41, 5.74) is 5.08. The summed E-state index contributed by atoms with van der Waals surface area (Å²) in [6.07, 6.45) is 0.574. The Morgan fingerprint density at radius 2 is 1.87 bits per heavy atom. The monoisotopic (exact) mass is 519 g/mol. The number of rotatable bonds is 8. The maximum Gasteiger partial charge on any atom is 0.307 e. The van der Waals surface area contributed by atoms with Crippen molar-refractivity contribution >= 4 is 29.6 Å². The summed E-state index contributed by atoms with van der Waals surface area (Å²) in [6, 6.07) is 8.56. The highest BCUT2D eigenvalue weighted by molar-refractivity contribution is 6.05. The Hall–Kier alpha value is -4.01. The first-order valence-electron chi connectivity index (χ1n) is 12.7. The first-order valence-corrected chi connectivity index (χ1v) is 12.7. The van der Waals surface area contributed by atoms with Crippen LogP contribution in [0.15, 0.2) is 30.3 Å². The number of carboxylic acid groups (broad SMARTS) is 1. The van der Waals surface area contributed by atoms with E-state index in [9.17, 15) is 29.1 Å². The van der Waals surface area contributed by atoms with Gasteiger partial charge in [-0.05, 0) is 59.6 Å². The lowest BCUT2D eigenvalue weighted by Gasteiger charge is -2.29. The first kappa shape index (κ1) is 27.0. The van der Waals surface area contributed by atoms with Crippen LogP contribution in [0.3, 0.4) is 0 Å². The highest BCUT2D eigenvalue weighted by atomic mass is 16.4. The number of piperidine rings is 1. The average molecular weight is 520 g/mol. The van der Waals surface area contributed by atoms with Gasteiger partial charge in [-0.15, -0.1) is 0 Å². The maximum absolute atomic E-state index is 13.0. The summed E-state index contributed by atoms with van der Waals surface area (Å²) < 4.78 is 0. The van der Waals surface area contributed by atoms with Crippen LogP contribution in [-0.2, 0) is 44.1 Å². The third kappa shape index (κ3) is 5.61. The lowest BCUT2D eigenvalue weighted by Crippen LogP contribution is -2.52. The zero-order valence-corrected chi connectivity index (χ0v) is 22.1. The third-order valence-corrected chi connectivity index (χ3v) is 7.26. The van der Waals surface area contributed by atoms with Crippen molar-refractivity contribution in [2.45, 2.75) is 77.9 Å². The zero-order valence-electron chi connectivity index (χ0n) is 22.1. The highest BCUT2D eigenvalue weighted by Gasteiger charge is 2.39. The van der Waals surface area contributed by atoms with Crippen LogP contribution in [0, 0.1) is 13.8 Å². The van der Waals surface area contributed by atoms with Gasteiger partial charge in [0.1, 0.15) is 6.04 Å². The third-order valence-electron chi connectivity index (χ3n) is 7.26. The number of carboxylic acids is 1. The molecule has 4 rings (SSSR count). The summed E-state index contributed by atoms with van der Waals surface area (Å²) in [5.74, 6) is -2.10. The number of nitrogens with one attached hydrogen (secondary N) is 2. The Labute approximate surface area is 221 Å². The number of amides is 4. The van der Waals surface area contributed by atoms with Gasteiger partial charge in [0.05, 0.1) is 6.42 Å². The van der Waals surface area contributed by atoms with E-state index in [4.69, 9.17) is 0 Å². The number of hydrogen-bond donors (Lipinski definition) is 3. The highest BCUT2D eigenvalue weighted by Crippen LogP contribution is 2.34. The number of aliphatic carboxylic acids is 1. The van der Waals surface area contributed by atoms with Gasteiger partial charge in [0.2, 0.25) is 17.7 Å². The molecule has 0 bridgehead atoms. The van der Waals surface area contributed by atoms with Crippen molar-refractivity contribution in [3.63, 3.8) is 0 Å². The molecule has 2 heterocycles. The minimum atomic E-state index is -0.914. The topological polar surface area (TPSA) is 133 Å². The molecule has 1 atom stereocenters. The lowest BCUT2D eigenvalue weighted by molar-refractivity contribution is -0.137. The first-order chi connectivity index (χ1) is 17.9. The van der Waals surface area contributed by atoms with Crippen LogP contribution in [0.2, 0.25) is 0 Å². The van der Waals surface area contributed by atoms with Gasteiger partial charge < -0.3 is 15.3 Å². The van der Waals surface area contributed by atoms with E-state index in [1.54, 1.807) is 12.1 Å².